The molecule has 0 saturated carbocycles. The number of amides is 7. The van der Waals surface area contributed by atoms with Gasteiger partial charge in [-0.15, -0.1) is 0 Å². The van der Waals surface area contributed by atoms with E-state index < -0.39 is 71.6 Å². The molecule has 0 aromatic heterocycles. The van der Waals surface area contributed by atoms with Gasteiger partial charge in [-0.1, -0.05) is 48.5 Å². The summed E-state index contributed by atoms with van der Waals surface area (Å²) < 4.78 is 0. The normalized spacial score (nSPS) is 14.8. The van der Waals surface area contributed by atoms with Gasteiger partial charge in [0, 0.05) is 38.4 Å². The van der Waals surface area contributed by atoms with Crippen LogP contribution in [0.5, 0.6) is 0 Å². The second kappa shape index (κ2) is 19.6. The predicted molar refractivity (Wildman–Crippen MR) is 188 cm³/mol. The van der Waals surface area contributed by atoms with Gasteiger partial charge in [-0.2, -0.15) is 0 Å². The standard InChI is InChI=1S/C36H47N7O9/c1-21(38-23(3)44)31(46)42-29(19-24-11-5-4-6-12-24)34(49)39-22(2)32(47)40-27(16-17-30(37)45)33(48)41-28(36(51)52)15-9-10-18-43-20-25-13-7-8-14-26(25)35(43)50/h4-8,11-14,21-22,27-29H,9-10,15-20H2,1-3H3,(H2,37,45)(H,38,44)(H,39,49)(H,40,47)(H,41,48)(H,42,46)(H,51,52)/t21-,22-,27-,28-,29-/m0/s1. The molecule has 8 N–H and O–H groups in total. The number of nitrogens with one attached hydrogen (secondary N) is 5. The Morgan fingerprint density at radius 3 is 1.92 bits per heavy atom. The minimum absolute atomic E-state index is 0.0358. The smallest absolute Gasteiger partial charge is 0.326 e. The number of fused-ring (bicyclic) bond motifs is 1. The zero-order valence-corrected chi connectivity index (χ0v) is 29.5. The highest BCUT2D eigenvalue weighted by Gasteiger charge is 2.31. The van der Waals surface area contributed by atoms with E-state index in [0.29, 0.717) is 37.1 Å². The summed E-state index contributed by atoms with van der Waals surface area (Å²) in [5.74, 6) is -5.64. The topological polar surface area (TPSA) is 246 Å². The van der Waals surface area contributed by atoms with Crippen molar-refractivity contribution in [3.63, 3.8) is 0 Å². The number of aliphatic carboxylic acids is 1. The lowest BCUT2D eigenvalue weighted by Gasteiger charge is -2.25. The molecule has 1 heterocycles. The van der Waals surface area contributed by atoms with Crippen LogP contribution in [0.1, 0.15) is 74.4 Å². The molecule has 5 atom stereocenters. The molecular formula is C36H47N7O9. The first kappa shape index (κ1) is 40.6. The van der Waals surface area contributed by atoms with E-state index in [2.05, 4.69) is 26.6 Å². The average molecular weight is 722 g/mol. The van der Waals surface area contributed by atoms with Crippen molar-refractivity contribution in [2.24, 2.45) is 5.73 Å². The van der Waals surface area contributed by atoms with E-state index in [-0.39, 0.29) is 31.6 Å². The molecule has 2 aromatic carbocycles. The molecule has 0 fully saturated rings. The second-order valence-electron chi connectivity index (χ2n) is 12.7. The number of carboxylic acids is 1. The number of carbonyl (C=O) groups is 8. The molecular weight excluding hydrogens is 674 g/mol. The van der Waals surface area contributed by atoms with E-state index in [1.165, 1.54) is 20.8 Å². The minimum atomic E-state index is -1.37. The SMILES string of the molecule is CC(=O)N[C@@H](C)C(=O)N[C@@H](Cc1ccccc1)C(=O)N[C@@H](C)C(=O)N[C@@H](CCC(N)=O)C(=O)N[C@@H](CCCCN1Cc2ccccc2C1=O)C(=O)O. The summed E-state index contributed by atoms with van der Waals surface area (Å²) >= 11 is 0. The Bertz CT molecular complexity index is 1630. The number of nitrogens with zero attached hydrogens (tertiary/aromatic N) is 1. The summed E-state index contributed by atoms with van der Waals surface area (Å²) in [6, 6.07) is 10.0. The maximum absolute atomic E-state index is 13.4. The number of carbonyl (C=O) groups excluding carboxylic acids is 7. The van der Waals surface area contributed by atoms with Crippen LogP contribution < -0.4 is 32.3 Å². The molecule has 280 valence electrons. The van der Waals surface area contributed by atoms with Crippen LogP contribution >= 0.6 is 0 Å². The van der Waals surface area contributed by atoms with E-state index in [9.17, 15) is 43.5 Å². The van der Waals surface area contributed by atoms with Crippen molar-refractivity contribution < 1.29 is 43.5 Å². The highest BCUT2D eigenvalue weighted by atomic mass is 16.4. The van der Waals surface area contributed by atoms with E-state index in [4.69, 9.17) is 5.73 Å². The zero-order valence-electron chi connectivity index (χ0n) is 29.5. The molecule has 0 radical (unpaired) electrons. The third-order valence-electron chi connectivity index (χ3n) is 8.47. The zero-order chi connectivity index (χ0) is 38.4. The van der Waals surface area contributed by atoms with Crippen LogP contribution in [0.25, 0.3) is 0 Å². The molecule has 0 bridgehead atoms. The van der Waals surface area contributed by atoms with Gasteiger partial charge in [0.1, 0.15) is 30.2 Å². The number of nitrogens with two attached hydrogens (primary N) is 1. The van der Waals surface area contributed by atoms with Gasteiger partial charge >= 0.3 is 5.97 Å². The third-order valence-corrected chi connectivity index (χ3v) is 8.47. The van der Waals surface area contributed by atoms with Crippen molar-refractivity contribution in [2.75, 3.05) is 6.54 Å². The quantitative estimate of drug-likeness (QED) is 0.0901. The van der Waals surface area contributed by atoms with E-state index in [1.54, 1.807) is 47.4 Å². The first-order chi connectivity index (χ1) is 24.7. The highest BCUT2D eigenvalue weighted by Crippen LogP contribution is 2.22. The van der Waals surface area contributed by atoms with Crippen LogP contribution in [0.15, 0.2) is 54.6 Å². The molecule has 3 rings (SSSR count). The number of rotatable bonds is 20. The van der Waals surface area contributed by atoms with Gasteiger partial charge < -0.3 is 42.3 Å². The van der Waals surface area contributed by atoms with Gasteiger partial charge in [-0.05, 0) is 56.7 Å². The number of carboxylic acid groups (broad SMARTS) is 1. The van der Waals surface area contributed by atoms with Crippen molar-refractivity contribution in [3.8, 4) is 0 Å². The molecule has 16 nitrogen and oxygen atoms in total. The van der Waals surface area contributed by atoms with Gasteiger partial charge in [0.25, 0.3) is 5.91 Å². The predicted octanol–water partition coefficient (Wildman–Crippen LogP) is -0.111. The van der Waals surface area contributed by atoms with Crippen LogP contribution in [0.3, 0.4) is 0 Å². The fourth-order valence-corrected chi connectivity index (χ4v) is 5.63. The van der Waals surface area contributed by atoms with Crippen molar-refractivity contribution in [2.45, 2.75) is 96.1 Å². The van der Waals surface area contributed by atoms with Crippen LogP contribution in [-0.4, -0.2) is 94.1 Å². The van der Waals surface area contributed by atoms with Crippen LogP contribution in [0, 0.1) is 0 Å². The Labute approximate surface area is 301 Å². The molecule has 16 heteroatoms. The monoisotopic (exact) mass is 721 g/mol. The molecule has 7 amide bonds. The Kier molecular flexibility index (Phi) is 15.3. The summed E-state index contributed by atoms with van der Waals surface area (Å²) in [7, 11) is 0. The first-order valence-corrected chi connectivity index (χ1v) is 17.1. The van der Waals surface area contributed by atoms with E-state index in [0.717, 1.165) is 5.56 Å². The molecule has 0 spiro atoms. The van der Waals surface area contributed by atoms with Crippen molar-refractivity contribution in [3.05, 3.63) is 71.3 Å². The highest BCUT2D eigenvalue weighted by molar-refractivity contribution is 5.98. The van der Waals surface area contributed by atoms with Gasteiger partial charge in [-0.25, -0.2) is 4.79 Å². The molecule has 52 heavy (non-hydrogen) atoms. The van der Waals surface area contributed by atoms with Gasteiger partial charge in [-0.3, -0.25) is 33.6 Å². The summed E-state index contributed by atoms with van der Waals surface area (Å²) in [5, 5.41) is 22.3. The maximum atomic E-state index is 13.4. The largest absolute Gasteiger partial charge is 0.480 e. The fraction of sp³-hybridized carbons (Fsp3) is 0.444. The second-order valence-corrected chi connectivity index (χ2v) is 12.7. The fourth-order valence-electron chi connectivity index (χ4n) is 5.63. The van der Waals surface area contributed by atoms with Gasteiger partial charge in [0.15, 0.2) is 0 Å². The summed E-state index contributed by atoms with van der Waals surface area (Å²) in [6.07, 6.45) is 0.390. The Hall–Kier alpha value is -5.80. The van der Waals surface area contributed by atoms with Crippen LogP contribution in [0.4, 0.5) is 0 Å². The molecule has 1 aliphatic rings. The lowest BCUT2D eigenvalue weighted by molar-refractivity contribution is -0.142. The Balaban J connectivity index is 1.60. The van der Waals surface area contributed by atoms with Crippen molar-refractivity contribution >= 4 is 47.3 Å². The number of unbranched alkanes of at least 4 members (excludes halogenated alkanes) is 1. The molecule has 0 aliphatic carbocycles. The number of hydrogen-bond acceptors (Lipinski definition) is 8. The molecule has 2 aromatic rings. The van der Waals surface area contributed by atoms with E-state index in [1.807, 2.05) is 12.1 Å². The summed E-state index contributed by atoms with van der Waals surface area (Å²) in [6.45, 7) is 4.91. The minimum Gasteiger partial charge on any atom is -0.480 e. The van der Waals surface area contributed by atoms with Crippen molar-refractivity contribution in [1.29, 1.82) is 0 Å². The maximum Gasteiger partial charge on any atom is 0.326 e. The number of primary amides is 1. The molecule has 0 saturated heterocycles. The Morgan fingerprint density at radius 1 is 0.731 bits per heavy atom. The average Bonchev–Trinajstić information content (AvgIpc) is 3.41. The first-order valence-electron chi connectivity index (χ1n) is 17.1. The Morgan fingerprint density at radius 2 is 1.31 bits per heavy atom. The number of hydrogen-bond donors (Lipinski definition) is 7. The van der Waals surface area contributed by atoms with Crippen LogP contribution in [-0.2, 0) is 46.5 Å². The summed E-state index contributed by atoms with van der Waals surface area (Å²) in [5.41, 5.74) is 7.55. The summed E-state index contributed by atoms with van der Waals surface area (Å²) in [4.78, 5) is 102. The lowest BCUT2D eigenvalue weighted by atomic mass is 10.0. The van der Waals surface area contributed by atoms with Crippen molar-refractivity contribution in [1.82, 2.24) is 31.5 Å². The lowest BCUT2D eigenvalue weighted by Crippen LogP contribution is -2.58. The molecule has 0 unspecified atom stereocenters. The van der Waals surface area contributed by atoms with Gasteiger partial charge in [0.2, 0.25) is 35.4 Å². The van der Waals surface area contributed by atoms with Gasteiger partial charge in [0.05, 0.1) is 0 Å². The van der Waals surface area contributed by atoms with Crippen LogP contribution in [0.2, 0.25) is 0 Å². The third kappa shape index (κ3) is 12.5. The molecule has 1 aliphatic heterocycles. The van der Waals surface area contributed by atoms with E-state index >= 15 is 0 Å². The number of benzene rings is 2.